The molecule has 1 atom stereocenters. The molecular weight excluding hydrogens is 432 g/mol. The third kappa shape index (κ3) is 8.28. The molecule has 0 saturated heterocycles. The van der Waals surface area contributed by atoms with Crippen molar-refractivity contribution in [2.45, 2.75) is 73.6 Å². The predicted octanol–water partition coefficient (Wildman–Crippen LogP) is 4.20. The first-order valence-electron chi connectivity index (χ1n) is 11.8. The molecule has 0 aliphatic rings. The largest absolute Gasteiger partial charge is 0.464 e. The SMILES string of the molecule is CCC(C)(C)OCC(C)(COC(=O)C(C)(C)C)C(=O)OCc1ccc(Cn2cc[n+](C)c2)cc1. The van der Waals surface area contributed by atoms with Crippen LogP contribution in [0.1, 0.15) is 66.0 Å². The van der Waals surface area contributed by atoms with Crippen LogP contribution in [0.3, 0.4) is 0 Å². The summed E-state index contributed by atoms with van der Waals surface area (Å²) in [5, 5.41) is 0. The predicted molar refractivity (Wildman–Crippen MR) is 130 cm³/mol. The Morgan fingerprint density at radius 2 is 1.53 bits per heavy atom. The molecule has 1 heterocycles. The fourth-order valence-corrected chi connectivity index (χ4v) is 2.93. The fraction of sp³-hybridized carbons (Fsp3) is 0.593. The third-order valence-electron chi connectivity index (χ3n) is 5.84. The standard InChI is InChI=1S/C27H41N2O5/c1-9-26(5,6)34-19-27(7,18-33-23(30)25(2,3)4)24(31)32-17-22-12-10-21(11-13-22)16-29-15-14-28(8)20-29/h10-15,20H,9,16-19H2,1-8H3/q+1. The van der Waals surface area contributed by atoms with E-state index in [1.54, 1.807) is 27.7 Å². The van der Waals surface area contributed by atoms with E-state index in [1.165, 1.54) is 0 Å². The van der Waals surface area contributed by atoms with Crippen LogP contribution in [0.5, 0.6) is 0 Å². The molecule has 0 radical (unpaired) electrons. The molecule has 1 aromatic heterocycles. The minimum Gasteiger partial charge on any atom is -0.464 e. The number of hydrogen-bond donors (Lipinski definition) is 0. The number of aryl methyl sites for hydroxylation is 1. The monoisotopic (exact) mass is 473 g/mol. The molecule has 0 spiro atoms. The quantitative estimate of drug-likeness (QED) is 0.361. The van der Waals surface area contributed by atoms with Crippen molar-refractivity contribution in [1.29, 1.82) is 0 Å². The number of ether oxygens (including phenoxy) is 3. The number of carbonyl (C=O) groups is 2. The van der Waals surface area contributed by atoms with Gasteiger partial charge in [0.1, 0.15) is 37.6 Å². The third-order valence-corrected chi connectivity index (χ3v) is 5.84. The zero-order valence-corrected chi connectivity index (χ0v) is 22.0. The van der Waals surface area contributed by atoms with Crippen molar-refractivity contribution < 1.29 is 28.4 Å². The van der Waals surface area contributed by atoms with E-state index in [9.17, 15) is 9.59 Å². The lowest BCUT2D eigenvalue weighted by atomic mass is 9.91. The minimum absolute atomic E-state index is 0.0946. The van der Waals surface area contributed by atoms with Crippen LogP contribution in [-0.2, 0) is 44.0 Å². The number of nitrogens with zero attached hydrogens (tertiary/aromatic N) is 2. The van der Waals surface area contributed by atoms with Crippen molar-refractivity contribution in [3.63, 3.8) is 0 Å². The zero-order chi connectivity index (χ0) is 25.6. The van der Waals surface area contributed by atoms with E-state index < -0.39 is 22.4 Å². The Kier molecular flexibility index (Phi) is 9.06. The van der Waals surface area contributed by atoms with E-state index in [1.807, 2.05) is 75.4 Å². The molecule has 7 heteroatoms. The Morgan fingerprint density at radius 3 is 2.06 bits per heavy atom. The van der Waals surface area contributed by atoms with Crippen molar-refractivity contribution in [3.8, 4) is 0 Å². The van der Waals surface area contributed by atoms with Crippen LogP contribution in [0.2, 0.25) is 0 Å². The van der Waals surface area contributed by atoms with Crippen LogP contribution in [0, 0.1) is 10.8 Å². The van der Waals surface area contributed by atoms with Gasteiger partial charge >= 0.3 is 11.9 Å². The van der Waals surface area contributed by atoms with Gasteiger partial charge in [-0.3, -0.25) is 9.59 Å². The van der Waals surface area contributed by atoms with E-state index in [-0.39, 0.29) is 25.8 Å². The highest BCUT2D eigenvalue weighted by atomic mass is 16.6. The molecule has 0 aliphatic heterocycles. The molecule has 188 valence electrons. The summed E-state index contributed by atoms with van der Waals surface area (Å²) in [5.74, 6) is -0.821. The maximum absolute atomic E-state index is 13.1. The summed E-state index contributed by atoms with van der Waals surface area (Å²) in [7, 11) is 1.99. The molecule has 0 amide bonds. The van der Waals surface area contributed by atoms with Crippen LogP contribution >= 0.6 is 0 Å². The summed E-state index contributed by atoms with van der Waals surface area (Å²) in [6.45, 7) is 13.9. The molecule has 0 saturated carbocycles. The van der Waals surface area contributed by atoms with Crippen molar-refractivity contribution >= 4 is 11.9 Å². The van der Waals surface area contributed by atoms with Crippen LogP contribution in [0.15, 0.2) is 43.0 Å². The number of hydrogen-bond acceptors (Lipinski definition) is 5. The Morgan fingerprint density at radius 1 is 0.912 bits per heavy atom. The summed E-state index contributed by atoms with van der Waals surface area (Å²) >= 11 is 0. The molecule has 1 aromatic carbocycles. The average Bonchev–Trinajstić information content (AvgIpc) is 3.19. The van der Waals surface area contributed by atoms with Gasteiger partial charge in [-0.15, -0.1) is 0 Å². The second kappa shape index (κ2) is 11.2. The molecular formula is C27H41N2O5+. The topological polar surface area (TPSA) is 70.6 Å². The van der Waals surface area contributed by atoms with E-state index in [2.05, 4.69) is 4.57 Å². The van der Waals surface area contributed by atoms with Crippen molar-refractivity contribution in [1.82, 2.24) is 4.57 Å². The van der Waals surface area contributed by atoms with Gasteiger partial charge in [-0.05, 0) is 59.1 Å². The van der Waals surface area contributed by atoms with Crippen LogP contribution in [0.4, 0.5) is 0 Å². The van der Waals surface area contributed by atoms with Gasteiger partial charge in [0.2, 0.25) is 6.33 Å². The van der Waals surface area contributed by atoms with Crippen LogP contribution in [-0.4, -0.2) is 35.3 Å². The average molecular weight is 474 g/mol. The van der Waals surface area contributed by atoms with E-state index >= 15 is 0 Å². The molecule has 2 aromatic rings. The number of esters is 2. The first-order valence-corrected chi connectivity index (χ1v) is 11.8. The first-order chi connectivity index (χ1) is 15.7. The molecule has 1 unspecified atom stereocenters. The lowest BCUT2D eigenvalue weighted by molar-refractivity contribution is -0.671. The Bertz CT molecular complexity index is 956. The van der Waals surface area contributed by atoms with Gasteiger partial charge in [0, 0.05) is 0 Å². The molecule has 34 heavy (non-hydrogen) atoms. The Hall–Kier alpha value is -2.67. The number of benzene rings is 1. The summed E-state index contributed by atoms with van der Waals surface area (Å²) in [4.78, 5) is 25.4. The Labute approximate surface area is 204 Å². The van der Waals surface area contributed by atoms with Gasteiger partial charge in [0.25, 0.3) is 0 Å². The molecule has 0 N–H and O–H groups in total. The number of carbonyl (C=O) groups excluding carboxylic acids is 2. The van der Waals surface area contributed by atoms with Crippen molar-refractivity contribution in [2.24, 2.45) is 17.9 Å². The second-order valence-corrected chi connectivity index (χ2v) is 10.9. The van der Waals surface area contributed by atoms with Crippen LogP contribution < -0.4 is 4.57 Å². The molecule has 0 bridgehead atoms. The van der Waals surface area contributed by atoms with Gasteiger partial charge in [-0.2, -0.15) is 0 Å². The second-order valence-electron chi connectivity index (χ2n) is 10.9. The minimum atomic E-state index is -1.11. The number of imidazole rings is 1. The molecule has 2 rings (SSSR count). The van der Waals surface area contributed by atoms with Crippen LogP contribution in [0.25, 0.3) is 0 Å². The molecule has 0 aliphatic carbocycles. The van der Waals surface area contributed by atoms with Crippen molar-refractivity contribution in [3.05, 3.63) is 54.1 Å². The van der Waals surface area contributed by atoms with Gasteiger partial charge in [-0.1, -0.05) is 31.2 Å². The number of rotatable bonds is 11. The maximum atomic E-state index is 13.1. The lowest BCUT2D eigenvalue weighted by Gasteiger charge is -2.32. The normalized spacial score (nSPS) is 13.9. The van der Waals surface area contributed by atoms with Gasteiger partial charge in [0.15, 0.2) is 0 Å². The molecule has 0 fully saturated rings. The first kappa shape index (κ1) is 27.6. The highest BCUT2D eigenvalue weighted by Crippen LogP contribution is 2.27. The lowest BCUT2D eigenvalue weighted by Crippen LogP contribution is -2.43. The highest BCUT2D eigenvalue weighted by Gasteiger charge is 2.40. The van der Waals surface area contributed by atoms with E-state index in [0.29, 0.717) is 0 Å². The summed E-state index contributed by atoms with van der Waals surface area (Å²) < 4.78 is 21.2. The summed E-state index contributed by atoms with van der Waals surface area (Å²) in [6, 6.07) is 7.97. The molecule has 7 nitrogen and oxygen atoms in total. The summed E-state index contributed by atoms with van der Waals surface area (Å²) in [5.41, 5.74) is -0.132. The van der Waals surface area contributed by atoms with E-state index in [0.717, 1.165) is 24.1 Å². The smallest absolute Gasteiger partial charge is 0.317 e. The fourth-order valence-electron chi connectivity index (χ4n) is 2.93. The van der Waals surface area contributed by atoms with Gasteiger partial charge < -0.3 is 14.2 Å². The van der Waals surface area contributed by atoms with Gasteiger partial charge in [0.05, 0.1) is 24.7 Å². The Balaban J connectivity index is 2.02. The van der Waals surface area contributed by atoms with E-state index in [4.69, 9.17) is 14.2 Å². The van der Waals surface area contributed by atoms with Gasteiger partial charge in [-0.25, -0.2) is 9.13 Å². The van der Waals surface area contributed by atoms with Crippen molar-refractivity contribution in [2.75, 3.05) is 13.2 Å². The number of aromatic nitrogens is 2. The maximum Gasteiger partial charge on any atom is 0.317 e. The zero-order valence-electron chi connectivity index (χ0n) is 22.0. The highest BCUT2D eigenvalue weighted by molar-refractivity contribution is 5.79. The summed E-state index contributed by atoms with van der Waals surface area (Å²) in [6.07, 6.45) is 6.82.